The third-order valence-electron chi connectivity index (χ3n) is 2.27. The molecule has 1 aliphatic heterocycles. The highest BCUT2D eigenvalue weighted by Gasteiger charge is 2.06. The van der Waals surface area contributed by atoms with Gasteiger partial charge in [0.05, 0.1) is 6.54 Å². The molecular weight excluding hydrogens is 192 g/mol. The lowest BCUT2D eigenvalue weighted by atomic mass is 10.3. The van der Waals surface area contributed by atoms with Crippen LogP contribution in [0.1, 0.15) is 5.56 Å². The molecule has 1 fully saturated rings. The Morgan fingerprint density at radius 1 is 1.43 bits per heavy atom. The van der Waals surface area contributed by atoms with Crippen molar-refractivity contribution in [1.29, 1.82) is 0 Å². The van der Waals surface area contributed by atoms with Crippen molar-refractivity contribution in [3.05, 3.63) is 22.4 Å². The molecule has 1 saturated heterocycles. The summed E-state index contributed by atoms with van der Waals surface area (Å²) in [5, 5.41) is 7.48. The fourth-order valence-corrected chi connectivity index (χ4v) is 2.05. The largest absolute Gasteiger partial charge is 0.314 e. The fourth-order valence-electron chi connectivity index (χ4n) is 1.46. The van der Waals surface area contributed by atoms with Gasteiger partial charge < -0.3 is 5.32 Å². The van der Waals surface area contributed by atoms with E-state index in [1.165, 1.54) is 0 Å². The summed E-state index contributed by atoms with van der Waals surface area (Å²) in [5.74, 6) is 6.38. The van der Waals surface area contributed by atoms with Crippen LogP contribution in [0, 0.1) is 11.8 Å². The van der Waals surface area contributed by atoms with Gasteiger partial charge in [0.25, 0.3) is 0 Å². The molecule has 3 heteroatoms. The maximum absolute atomic E-state index is 3.33. The molecule has 2 heterocycles. The lowest BCUT2D eigenvalue weighted by molar-refractivity contribution is 0.268. The molecule has 2 rings (SSSR count). The molecule has 0 atom stereocenters. The zero-order valence-electron chi connectivity index (χ0n) is 8.12. The van der Waals surface area contributed by atoms with Crippen molar-refractivity contribution in [2.45, 2.75) is 0 Å². The zero-order valence-corrected chi connectivity index (χ0v) is 8.94. The second-order valence-corrected chi connectivity index (χ2v) is 4.12. The molecule has 0 spiro atoms. The normalized spacial score (nSPS) is 17.4. The molecule has 0 unspecified atom stereocenters. The van der Waals surface area contributed by atoms with Gasteiger partial charge in [-0.05, 0) is 11.4 Å². The van der Waals surface area contributed by atoms with Crippen LogP contribution in [-0.2, 0) is 0 Å². The quantitative estimate of drug-likeness (QED) is 0.690. The van der Waals surface area contributed by atoms with Gasteiger partial charge in [-0.25, -0.2) is 0 Å². The average Bonchev–Trinajstić information content (AvgIpc) is 2.72. The Morgan fingerprint density at radius 2 is 2.29 bits per heavy atom. The van der Waals surface area contributed by atoms with Crippen LogP contribution < -0.4 is 5.32 Å². The SMILES string of the molecule is C(#Cc1ccsc1)CN1CCNCC1. The van der Waals surface area contributed by atoms with Gasteiger partial charge in [0.2, 0.25) is 0 Å². The Labute approximate surface area is 88.9 Å². The molecule has 14 heavy (non-hydrogen) atoms. The van der Waals surface area contributed by atoms with Gasteiger partial charge >= 0.3 is 0 Å². The van der Waals surface area contributed by atoms with E-state index in [2.05, 4.69) is 38.9 Å². The number of piperazine rings is 1. The summed E-state index contributed by atoms with van der Waals surface area (Å²) >= 11 is 1.70. The average molecular weight is 206 g/mol. The van der Waals surface area contributed by atoms with Gasteiger partial charge in [-0.1, -0.05) is 11.8 Å². The highest BCUT2D eigenvalue weighted by molar-refractivity contribution is 7.08. The van der Waals surface area contributed by atoms with Crippen LogP contribution >= 0.6 is 11.3 Å². The van der Waals surface area contributed by atoms with Crippen molar-refractivity contribution in [1.82, 2.24) is 10.2 Å². The molecule has 1 N–H and O–H groups in total. The molecule has 0 radical (unpaired) electrons. The summed E-state index contributed by atoms with van der Waals surface area (Å²) in [6.45, 7) is 5.34. The number of hydrogen-bond donors (Lipinski definition) is 1. The van der Waals surface area contributed by atoms with Crippen molar-refractivity contribution in [2.24, 2.45) is 0 Å². The standard InChI is InChI=1S/C11H14N2S/c1(2-11-3-9-14-10-11)6-13-7-4-12-5-8-13/h3,9-10,12H,4-8H2. The summed E-state index contributed by atoms with van der Waals surface area (Å²) in [4.78, 5) is 2.38. The number of nitrogens with zero attached hydrogens (tertiary/aromatic N) is 1. The summed E-state index contributed by atoms with van der Waals surface area (Å²) in [7, 11) is 0. The summed E-state index contributed by atoms with van der Waals surface area (Å²) < 4.78 is 0. The number of thiophene rings is 1. The van der Waals surface area contributed by atoms with E-state index in [0.717, 1.165) is 38.3 Å². The van der Waals surface area contributed by atoms with Gasteiger partial charge in [0.15, 0.2) is 0 Å². The van der Waals surface area contributed by atoms with Crippen LogP contribution in [0.3, 0.4) is 0 Å². The Hall–Kier alpha value is -0.820. The van der Waals surface area contributed by atoms with Crippen LogP contribution in [0.25, 0.3) is 0 Å². The second kappa shape index (κ2) is 5.16. The first-order chi connectivity index (χ1) is 6.95. The Kier molecular flexibility index (Phi) is 3.58. The van der Waals surface area contributed by atoms with Gasteiger partial charge in [-0.2, -0.15) is 11.3 Å². The predicted molar refractivity (Wildman–Crippen MR) is 60.5 cm³/mol. The highest BCUT2D eigenvalue weighted by Crippen LogP contribution is 2.03. The lowest BCUT2D eigenvalue weighted by Crippen LogP contribution is -2.43. The third-order valence-corrected chi connectivity index (χ3v) is 2.95. The van der Waals surface area contributed by atoms with Crippen LogP contribution in [0.4, 0.5) is 0 Å². The summed E-state index contributed by atoms with van der Waals surface area (Å²) in [6.07, 6.45) is 0. The van der Waals surface area contributed by atoms with Crippen molar-refractivity contribution in [3.63, 3.8) is 0 Å². The lowest BCUT2D eigenvalue weighted by Gasteiger charge is -2.24. The van der Waals surface area contributed by atoms with Crippen LogP contribution in [-0.4, -0.2) is 37.6 Å². The van der Waals surface area contributed by atoms with Gasteiger partial charge in [0, 0.05) is 37.1 Å². The molecule has 0 saturated carbocycles. The maximum Gasteiger partial charge on any atom is 0.0606 e. The third kappa shape index (κ3) is 2.85. The van der Waals surface area contributed by atoms with E-state index in [1.807, 2.05) is 0 Å². The summed E-state index contributed by atoms with van der Waals surface area (Å²) in [6, 6.07) is 2.06. The first-order valence-corrected chi connectivity index (χ1v) is 5.83. The molecule has 0 amide bonds. The number of rotatable bonds is 1. The van der Waals surface area contributed by atoms with Crippen molar-refractivity contribution < 1.29 is 0 Å². The Bertz CT molecular complexity index is 315. The van der Waals surface area contributed by atoms with Crippen molar-refractivity contribution in [2.75, 3.05) is 32.7 Å². The van der Waals surface area contributed by atoms with E-state index < -0.39 is 0 Å². The molecule has 0 aromatic carbocycles. The highest BCUT2D eigenvalue weighted by atomic mass is 32.1. The van der Waals surface area contributed by atoms with E-state index >= 15 is 0 Å². The minimum Gasteiger partial charge on any atom is -0.314 e. The molecule has 2 nitrogen and oxygen atoms in total. The molecule has 0 bridgehead atoms. The molecular formula is C11H14N2S. The van der Waals surface area contributed by atoms with Gasteiger partial charge in [-0.15, -0.1) is 0 Å². The summed E-state index contributed by atoms with van der Waals surface area (Å²) in [5.41, 5.74) is 1.14. The Balaban J connectivity index is 1.80. The van der Waals surface area contributed by atoms with Gasteiger partial charge in [-0.3, -0.25) is 4.90 Å². The smallest absolute Gasteiger partial charge is 0.0606 e. The molecule has 1 aliphatic rings. The van der Waals surface area contributed by atoms with E-state index in [-0.39, 0.29) is 0 Å². The molecule has 1 aromatic heterocycles. The Morgan fingerprint density at radius 3 is 3.00 bits per heavy atom. The van der Waals surface area contributed by atoms with E-state index in [0.29, 0.717) is 0 Å². The number of nitrogens with one attached hydrogen (secondary N) is 1. The maximum atomic E-state index is 3.33. The van der Waals surface area contributed by atoms with Crippen LogP contribution in [0.5, 0.6) is 0 Å². The van der Waals surface area contributed by atoms with E-state index in [9.17, 15) is 0 Å². The van der Waals surface area contributed by atoms with Crippen LogP contribution in [0.15, 0.2) is 16.8 Å². The predicted octanol–water partition coefficient (Wildman–Crippen LogP) is 1.00. The monoisotopic (exact) mass is 206 g/mol. The zero-order chi connectivity index (χ0) is 9.64. The molecule has 1 aromatic rings. The van der Waals surface area contributed by atoms with Crippen molar-refractivity contribution >= 4 is 11.3 Å². The van der Waals surface area contributed by atoms with Gasteiger partial charge in [0.1, 0.15) is 0 Å². The minimum atomic E-state index is 0.900. The fraction of sp³-hybridized carbons (Fsp3) is 0.455. The van der Waals surface area contributed by atoms with Crippen molar-refractivity contribution in [3.8, 4) is 11.8 Å². The first kappa shape index (κ1) is 9.72. The van der Waals surface area contributed by atoms with E-state index in [1.54, 1.807) is 11.3 Å². The van der Waals surface area contributed by atoms with Crippen LogP contribution in [0.2, 0.25) is 0 Å². The second-order valence-electron chi connectivity index (χ2n) is 3.34. The first-order valence-electron chi connectivity index (χ1n) is 4.89. The number of hydrogen-bond acceptors (Lipinski definition) is 3. The molecule has 74 valence electrons. The van der Waals surface area contributed by atoms with E-state index in [4.69, 9.17) is 0 Å². The minimum absolute atomic E-state index is 0.900. The molecule has 0 aliphatic carbocycles. The topological polar surface area (TPSA) is 15.3 Å².